The molecule has 0 atom stereocenters. The maximum absolute atomic E-state index is 2.61. The highest BCUT2D eigenvalue weighted by Gasteiger charge is 2.16. The Bertz CT molecular complexity index is 559. The number of benzene rings is 2. The molecule has 1 nitrogen and oxygen atoms in total. The van der Waals surface area contributed by atoms with E-state index >= 15 is 0 Å². The Labute approximate surface area is 122 Å². The summed E-state index contributed by atoms with van der Waals surface area (Å²) in [6, 6.07) is 17.6. The lowest BCUT2D eigenvalue weighted by atomic mass is 9.95. The van der Waals surface area contributed by atoms with Gasteiger partial charge in [-0.15, -0.1) is 0 Å². The largest absolute Gasteiger partial charge is 0.299 e. The highest BCUT2D eigenvalue weighted by molar-refractivity contribution is 5.36. The maximum atomic E-state index is 2.61. The quantitative estimate of drug-likeness (QED) is 0.808. The first-order valence-corrected chi connectivity index (χ1v) is 7.66. The monoisotopic (exact) mass is 265 g/mol. The molecule has 104 valence electrons. The molecule has 0 unspecified atom stereocenters. The van der Waals surface area contributed by atoms with Crippen molar-refractivity contribution in [3.8, 4) is 0 Å². The fourth-order valence-electron chi connectivity index (χ4n) is 3.15. The lowest BCUT2D eigenvalue weighted by molar-refractivity contribution is 0.250. The van der Waals surface area contributed by atoms with Crippen molar-refractivity contribution in [3.63, 3.8) is 0 Å². The van der Waals surface area contributed by atoms with E-state index in [2.05, 4.69) is 60.4 Å². The Morgan fingerprint density at radius 2 is 1.85 bits per heavy atom. The van der Waals surface area contributed by atoms with Crippen LogP contribution in [0.15, 0.2) is 48.5 Å². The Hall–Kier alpha value is -1.60. The fourth-order valence-corrected chi connectivity index (χ4v) is 3.15. The van der Waals surface area contributed by atoms with Gasteiger partial charge in [0, 0.05) is 13.1 Å². The zero-order valence-electron chi connectivity index (χ0n) is 12.3. The van der Waals surface area contributed by atoms with E-state index in [1.807, 2.05) is 0 Å². The standard InChI is InChI=1S/C19H23N/c1-16-7-5-11-18-12-14-20(15-19(16)18)13-6-10-17-8-3-2-4-9-17/h2-5,7-9,11H,6,10,12-15H2,1H3. The summed E-state index contributed by atoms with van der Waals surface area (Å²) in [6.45, 7) is 5.80. The van der Waals surface area contributed by atoms with Crippen molar-refractivity contribution in [1.82, 2.24) is 4.90 Å². The van der Waals surface area contributed by atoms with E-state index < -0.39 is 0 Å². The van der Waals surface area contributed by atoms with Crippen molar-refractivity contribution in [2.75, 3.05) is 13.1 Å². The lowest BCUT2D eigenvalue weighted by Crippen LogP contribution is -2.32. The molecule has 0 radical (unpaired) electrons. The molecule has 2 aromatic rings. The van der Waals surface area contributed by atoms with Crippen molar-refractivity contribution in [1.29, 1.82) is 0 Å². The summed E-state index contributed by atoms with van der Waals surface area (Å²) < 4.78 is 0. The van der Waals surface area contributed by atoms with Crippen molar-refractivity contribution >= 4 is 0 Å². The number of fused-ring (bicyclic) bond motifs is 1. The molecular weight excluding hydrogens is 242 g/mol. The Morgan fingerprint density at radius 1 is 1.00 bits per heavy atom. The second-order valence-electron chi connectivity index (χ2n) is 5.83. The minimum Gasteiger partial charge on any atom is -0.299 e. The molecule has 20 heavy (non-hydrogen) atoms. The van der Waals surface area contributed by atoms with Crippen LogP contribution >= 0.6 is 0 Å². The van der Waals surface area contributed by atoms with Gasteiger partial charge in [0.1, 0.15) is 0 Å². The number of aryl methyl sites for hydroxylation is 2. The topological polar surface area (TPSA) is 3.24 Å². The normalized spacial score (nSPS) is 15.1. The molecule has 0 spiro atoms. The third kappa shape index (κ3) is 3.10. The average molecular weight is 265 g/mol. The molecular formula is C19H23N. The van der Waals surface area contributed by atoms with E-state index in [1.54, 1.807) is 11.1 Å². The average Bonchev–Trinajstić information content (AvgIpc) is 2.49. The van der Waals surface area contributed by atoms with E-state index in [9.17, 15) is 0 Å². The maximum Gasteiger partial charge on any atom is 0.0239 e. The first-order valence-electron chi connectivity index (χ1n) is 7.66. The van der Waals surface area contributed by atoms with Crippen LogP contribution < -0.4 is 0 Å². The summed E-state index contributed by atoms with van der Waals surface area (Å²) >= 11 is 0. The summed E-state index contributed by atoms with van der Waals surface area (Å²) in [5.74, 6) is 0. The van der Waals surface area contributed by atoms with Crippen molar-refractivity contribution < 1.29 is 0 Å². The molecule has 1 heteroatoms. The molecule has 1 heterocycles. The molecule has 0 amide bonds. The van der Waals surface area contributed by atoms with Gasteiger partial charge in [-0.05, 0) is 55.0 Å². The first-order chi connectivity index (χ1) is 9.83. The predicted octanol–water partition coefficient (Wildman–Crippen LogP) is 3.99. The van der Waals surface area contributed by atoms with Gasteiger partial charge in [0.2, 0.25) is 0 Å². The molecule has 0 saturated carbocycles. The van der Waals surface area contributed by atoms with Gasteiger partial charge in [-0.3, -0.25) is 4.90 Å². The fraction of sp³-hybridized carbons (Fsp3) is 0.368. The molecule has 0 aromatic heterocycles. The van der Waals surface area contributed by atoms with Crippen LogP contribution in [0.1, 0.15) is 28.7 Å². The van der Waals surface area contributed by atoms with Gasteiger partial charge in [0.25, 0.3) is 0 Å². The van der Waals surface area contributed by atoms with Crippen LogP contribution in [0.25, 0.3) is 0 Å². The van der Waals surface area contributed by atoms with E-state index in [1.165, 1.54) is 43.5 Å². The zero-order valence-corrected chi connectivity index (χ0v) is 12.3. The smallest absolute Gasteiger partial charge is 0.0239 e. The Balaban J connectivity index is 1.54. The minimum absolute atomic E-state index is 1.14. The third-order valence-corrected chi connectivity index (χ3v) is 4.37. The highest BCUT2D eigenvalue weighted by Crippen LogP contribution is 2.22. The van der Waals surface area contributed by atoms with E-state index in [4.69, 9.17) is 0 Å². The Morgan fingerprint density at radius 3 is 2.70 bits per heavy atom. The van der Waals surface area contributed by atoms with Gasteiger partial charge in [0.05, 0.1) is 0 Å². The van der Waals surface area contributed by atoms with Gasteiger partial charge in [-0.25, -0.2) is 0 Å². The van der Waals surface area contributed by atoms with Gasteiger partial charge < -0.3 is 0 Å². The SMILES string of the molecule is Cc1cccc2c1CN(CCCc1ccccc1)CC2. The molecule has 0 N–H and O–H groups in total. The van der Waals surface area contributed by atoms with Crippen LogP contribution in [-0.4, -0.2) is 18.0 Å². The van der Waals surface area contributed by atoms with Crippen LogP contribution in [0, 0.1) is 6.92 Å². The van der Waals surface area contributed by atoms with Crippen molar-refractivity contribution in [2.24, 2.45) is 0 Å². The Kier molecular flexibility index (Phi) is 4.17. The van der Waals surface area contributed by atoms with Gasteiger partial charge >= 0.3 is 0 Å². The molecule has 0 aliphatic carbocycles. The van der Waals surface area contributed by atoms with Gasteiger partial charge in [-0.1, -0.05) is 48.5 Å². The third-order valence-electron chi connectivity index (χ3n) is 4.37. The van der Waals surface area contributed by atoms with Crippen LogP contribution in [-0.2, 0) is 19.4 Å². The lowest BCUT2D eigenvalue weighted by Gasteiger charge is -2.29. The molecule has 2 aromatic carbocycles. The summed E-state index contributed by atoms with van der Waals surface area (Å²) in [6.07, 6.45) is 3.66. The number of rotatable bonds is 4. The summed E-state index contributed by atoms with van der Waals surface area (Å²) in [5, 5.41) is 0. The predicted molar refractivity (Wildman–Crippen MR) is 84.9 cm³/mol. The molecule has 0 saturated heterocycles. The van der Waals surface area contributed by atoms with Gasteiger partial charge in [0.15, 0.2) is 0 Å². The summed E-state index contributed by atoms with van der Waals surface area (Å²) in [5.41, 5.74) is 6.04. The van der Waals surface area contributed by atoms with E-state index in [-0.39, 0.29) is 0 Å². The van der Waals surface area contributed by atoms with Crippen LogP contribution in [0.3, 0.4) is 0 Å². The van der Waals surface area contributed by atoms with Crippen molar-refractivity contribution in [3.05, 3.63) is 70.8 Å². The second kappa shape index (κ2) is 6.23. The highest BCUT2D eigenvalue weighted by atomic mass is 15.1. The van der Waals surface area contributed by atoms with Crippen LogP contribution in [0.4, 0.5) is 0 Å². The van der Waals surface area contributed by atoms with E-state index in [0.29, 0.717) is 0 Å². The molecule has 3 rings (SSSR count). The van der Waals surface area contributed by atoms with Crippen LogP contribution in [0.2, 0.25) is 0 Å². The summed E-state index contributed by atoms with van der Waals surface area (Å²) in [4.78, 5) is 2.61. The molecule has 1 aliphatic rings. The molecule has 1 aliphatic heterocycles. The molecule has 0 bridgehead atoms. The zero-order chi connectivity index (χ0) is 13.8. The molecule has 0 fully saturated rings. The second-order valence-corrected chi connectivity index (χ2v) is 5.83. The number of nitrogens with zero attached hydrogens (tertiary/aromatic N) is 1. The summed E-state index contributed by atoms with van der Waals surface area (Å²) in [7, 11) is 0. The van der Waals surface area contributed by atoms with Crippen LogP contribution in [0.5, 0.6) is 0 Å². The van der Waals surface area contributed by atoms with Gasteiger partial charge in [-0.2, -0.15) is 0 Å². The van der Waals surface area contributed by atoms with Crippen molar-refractivity contribution in [2.45, 2.75) is 32.7 Å². The minimum atomic E-state index is 1.14. The van der Waals surface area contributed by atoms with E-state index in [0.717, 1.165) is 6.54 Å². The first kappa shape index (κ1) is 13.4. The number of hydrogen-bond donors (Lipinski definition) is 0. The number of hydrogen-bond acceptors (Lipinski definition) is 1.